The van der Waals surface area contributed by atoms with Crippen LogP contribution in [-0.2, 0) is 5.41 Å². The van der Waals surface area contributed by atoms with Gasteiger partial charge in [-0.3, -0.25) is 0 Å². The smallest absolute Gasteiger partial charge is 0.0102 e. The molecule has 0 aliphatic carbocycles. The van der Waals surface area contributed by atoms with Gasteiger partial charge in [-0.05, 0) is 31.9 Å². The van der Waals surface area contributed by atoms with E-state index in [2.05, 4.69) is 59.4 Å². The lowest BCUT2D eigenvalue weighted by Gasteiger charge is -2.28. The maximum atomic E-state index is 4.07. The zero-order valence-corrected chi connectivity index (χ0v) is 9.94. The maximum Gasteiger partial charge on any atom is 0.0102 e. The normalized spacial score (nSPS) is 11.5. The summed E-state index contributed by atoms with van der Waals surface area (Å²) >= 11 is 0. The van der Waals surface area contributed by atoms with E-state index in [-0.39, 0.29) is 5.41 Å². The lowest BCUT2D eigenvalue weighted by molar-refractivity contribution is 0.621. The molecule has 0 heteroatoms. The van der Waals surface area contributed by atoms with Crippen LogP contribution in [0, 0.1) is 13.8 Å². The number of benzene rings is 1. The fourth-order valence-electron chi connectivity index (χ4n) is 1.74. The van der Waals surface area contributed by atoms with E-state index in [0.717, 1.165) is 0 Å². The number of aryl methyl sites for hydroxylation is 2. The van der Waals surface area contributed by atoms with E-state index >= 15 is 0 Å². The van der Waals surface area contributed by atoms with Gasteiger partial charge in [0, 0.05) is 5.41 Å². The summed E-state index contributed by atoms with van der Waals surface area (Å²) in [5.41, 5.74) is 5.36. The molecule has 0 aliphatic heterocycles. The molecule has 0 amide bonds. The lowest BCUT2D eigenvalue weighted by Crippen LogP contribution is -2.19. The molecule has 76 valence electrons. The Balaban J connectivity index is 3.26. The van der Waals surface area contributed by atoms with Crippen molar-refractivity contribution in [2.45, 2.75) is 40.0 Å². The molecule has 0 spiro atoms. The Labute approximate surface area is 87.7 Å². The number of allylic oxidation sites excluding steroid dienone is 1. The highest BCUT2D eigenvalue weighted by atomic mass is 14.3. The van der Waals surface area contributed by atoms with E-state index in [4.69, 9.17) is 0 Å². The van der Waals surface area contributed by atoms with Gasteiger partial charge in [-0.2, -0.15) is 0 Å². The van der Waals surface area contributed by atoms with Crippen molar-refractivity contribution < 1.29 is 0 Å². The molecule has 0 atom stereocenters. The molecule has 1 rings (SSSR count). The van der Waals surface area contributed by atoms with Gasteiger partial charge in [0.15, 0.2) is 0 Å². The van der Waals surface area contributed by atoms with Crippen LogP contribution in [-0.4, -0.2) is 0 Å². The quantitative estimate of drug-likeness (QED) is 0.611. The van der Waals surface area contributed by atoms with Crippen LogP contribution in [0.4, 0.5) is 0 Å². The summed E-state index contributed by atoms with van der Waals surface area (Å²) in [5, 5.41) is 0. The zero-order chi connectivity index (χ0) is 10.9. The Bertz CT molecular complexity index is 356. The van der Waals surface area contributed by atoms with Crippen LogP contribution < -0.4 is 0 Å². The summed E-state index contributed by atoms with van der Waals surface area (Å²) in [6.45, 7) is 14.9. The molecule has 0 saturated heterocycles. The minimum absolute atomic E-state index is 0.0811. The first-order valence-electron chi connectivity index (χ1n) is 5.09. The molecule has 0 unspecified atom stereocenters. The van der Waals surface area contributed by atoms with Crippen molar-refractivity contribution in [2.75, 3.05) is 0 Å². The maximum absolute atomic E-state index is 4.07. The third-order valence-electron chi connectivity index (χ3n) is 3.12. The van der Waals surface area contributed by atoms with Crippen LogP contribution in [0.3, 0.4) is 0 Å². The summed E-state index contributed by atoms with van der Waals surface area (Å²) in [6, 6.07) is 6.63. The fourth-order valence-corrected chi connectivity index (χ4v) is 1.74. The van der Waals surface area contributed by atoms with Gasteiger partial charge in [-0.15, -0.1) is 0 Å². The minimum atomic E-state index is 0.0811. The van der Waals surface area contributed by atoms with E-state index < -0.39 is 0 Å². The second kappa shape index (κ2) is 3.61. The summed E-state index contributed by atoms with van der Waals surface area (Å²) in [4.78, 5) is 0. The van der Waals surface area contributed by atoms with Crippen LogP contribution >= 0.6 is 0 Å². The highest BCUT2D eigenvalue weighted by molar-refractivity contribution is 5.40. The molecule has 0 saturated carbocycles. The molecule has 0 radical (unpaired) electrons. The predicted octanol–water partition coefficient (Wildman–Crippen LogP) is 4.16. The second-order valence-corrected chi connectivity index (χ2v) is 4.72. The van der Waals surface area contributed by atoms with Crippen molar-refractivity contribution in [3.8, 4) is 0 Å². The standard InChI is InChI=1S/C14H20/c1-10(2)14(5,6)13-8-7-11(3)9-12(13)4/h7-9H,1H2,2-6H3. The molecule has 1 aromatic rings. The van der Waals surface area contributed by atoms with E-state index in [1.807, 2.05) is 0 Å². The van der Waals surface area contributed by atoms with Gasteiger partial charge in [0.1, 0.15) is 0 Å². The topological polar surface area (TPSA) is 0 Å². The summed E-state index contributed by atoms with van der Waals surface area (Å²) in [7, 11) is 0. The first-order chi connectivity index (χ1) is 6.35. The molecule has 0 N–H and O–H groups in total. The SMILES string of the molecule is C=C(C)C(C)(C)c1ccc(C)cc1C. The Hall–Kier alpha value is -1.04. The number of hydrogen-bond acceptors (Lipinski definition) is 0. The Kier molecular flexibility index (Phi) is 2.84. The van der Waals surface area contributed by atoms with E-state index in [1.54, 1.807) is 0 Å². The Morgan fingerprint density at radius 3 is 2.21 bits per heavy atom. The van der Waals surface area contributed by atoms with Crippen molar-refractivity contribution in [1.29, 1.82) is 0 Å². The highest BCUT2D eigenvalue weighted by Crippen LogP contribution is 2.32. The number of hydrogen-bond donors (Lipinski definition) is 0. The molecule has 0 fully saturated rings. The Morgan fingerprint density at radius 2 is 1.79 bits per heavy atom. The lowest BCUT2D eigenvalue weighted by atomic mass is 9.77. The third-order valence-corrected chi connectivity index (χ3v) is 3.12. The fraction of sp³-hybridized carbons (Fsp3) is 0.429. The Morgan fingerprint density at radius 1 is 1.21 bits per heavy atom. The first-order valence-corrected chi connectivity index (χ1v) is 5.09. The van der Waals surface area contributed by atoms with Gasteiger partial charge in [0.05, 0.1) is 0 Å². The van der Waals surface area contributed by atoms with Crippen LogP contribution in [0.1, 0.15) is 37.5 Å². The summed E-state index contributed by atoms with van der Waals surface area (Å²) < 4.78 is 0. The van der Waals surface area contributed by atoms with Crippen LogP contribution in [0.5, 0.6) is 0 Å². The average Bonchev–Trinajstić information content (AvgIpc) is 2.02. The molecule has 0 heterocycles. The van der Waals surface area contributed by atoms with Gasteiger partial charge in [-0.25, -0.2) is 0 Å². The molecule has 0 nitrogen and oxygen atoms in total. The van der Waals surface area contributed by atoms with Gasteiger partial charge >= 0.3 is 0 Å². The second-order valence-electron chi connectivity index (χ2n) is 4.72. The van der Waals surface area contributed by atoms with Crippen molar-refractivity contribution in [3.05, 3.63) is 47.0 Å². The van der Waals surface area contributed by atoms with Crippen molar-refractivity contribution in [3.63, 3.8) is 0 Å². The zero-order valence-electron chi connectivity index (χ0n) is 9.94. The van der Waals surface area contributed by atoms with Gasteiger partial charge in [0.2, 0.25) is 0 Å². The minimum Gasteiger partial charge on any atom is -0.0993 e. The van der Waals surface area contributed by atoms with Gasteiger partial charge < -0.3 is 0 Å². The molecule has 1 aromatic carbocycles. The van der Waals surface area contributed by atoms with Crippen molar-refractivity contribution in [1.82, 2.24) is 0 Å². The summed E-state index contributed by atoms with van der Waals surface area (Å²) in [6.07, 6.45) is 0. The van der Waals surface area contributed by atoms with Crippen LogP contribution in [0.25, 0.3) is 0 Å². The van der Waals surface area contributed by atoms with E-state index in [0.29, 0.717) is 0 Å². The molecule has 14 heavy (non-hydrogen) atoms. The number of rotatable bonds is 2. The summed E-state index contributed by atoms with van der Waals surface area (Å²) in [5.74, 6) is 0. The van der Waals surface area contributed by atoms with E-state index in [1.165, 1.54) is 22.3 Å². The van der Waals surface area contributed by atoms with E-state index in [9.17, 15) is 0 Å². The van der Waals surface area contributed by atoms with Crippen molar-refractivity contribution >= 4 is 0 Å². The van der Waals surface area contributed by atoms with Crippen molar-refractivity contribution in [2.24, 2.45) is 0 Å². The molecular weight excluding hydrogens is 168 g/mol. The third kappa shape index (κ3) is 1.89. The monoisotopic (exact) mass is 188 g/mol. The van der Waals surface area contributed by atoms with Gasteiger partial charge in [-0.1, -0.05) is 49.8 Å². The highest BCUT2D eigenvalue weighted by Gasteiger charge is 2.22. The molecule has 0 aromatic heterocycles. The average molecular weight is 188 g/mol. The van der Waals surface area contributed by atoms with Crippen LogP contribution in [0.2, 0.25) is 0 Å². The largest absolute Gasteiger partial charge is 0.0993 e. The molecule has 0 aliphatic rings. The molecular formula is C14H20. The molecule has 0 bridgehead atoms. The van der Waals surface area contributed by atoms with Gasteiger partial charge in [0.25, 0.3) is 0 Å². The first kappa shape index (κ1) is 11.0. The predicted molar refractivity (Wildman–Crippen MR) is 63.8 cm³/mol. The van der Waals surface area contributed by atoms with Crippen LogP contribution in [0.15, 0.2) is 30.4 Å².